The van der Waals surface area contributed by atoms with E-state index < -0.39 is 29.8 Å². The zero-order valence-corrected chi connectivity index (χ0v) is 13.2. The van der Waals surface area contributed by atoms with Crippen LogP contribution in [0.2, 0.25) is 5.02 Å². The lowest BCUT2D eigenvalue weighted by Crippen LogP contribution is -2.29. The molecule has 1 heterocycles. The van der Waals surface area contributed by atoms with Crippen LogP contribution in [-0.2, 0) is 11.3 Å². The normalized spacial score (nSPS) is 10.7. The van der Waals surface area contributed by atoms with Gasteiger partial charge in [-0.2, -0.15) is 9.36 Å². The van der Waals surface area contributed by atoms with Crippen LogP contribution in [0, 0.1) is 11.6 Å². The molecular weight excluding hydrogens is 356 g/mol. The molecule has 0 atom stereocenters. The SMILES string of the molecule is O=C(Cn1nnn(-c2ccccc2Cl)c1=O)Nc1cc(F)cc(F)c1. The van der Waals surface area contributed by atoms with Crippen molar-refractivity contribution in [2.45, 2.75) is 6.54 Å². The summed E-state index contributed by atoms with van der Waals surface area (Å²) in [5.74, 6) is -2.37. The summed E-state index contributed by atoms with van der Waals surface area (Å²) < 4.78 is 28.0. The third kappa shape index (κ3) is 3.72. The van der Waals surface area contributed by atoms with Crippen molar-refractivity contribution >= 4 is 23.2 Å². The Bertz CT molecular complexity index is 981. The van der Waals surface area contributed by atoms with Crippen LogP contribution in [0.3, 0.4) is 0 Å². The Morgan fingerprint density at radius 2 is 1.80 bits per heavy atom. The quantitative estimate of drug-likeness (QED) is 0.766. The van der Waals surface area contributed by atoms with Gasteiger partial charge >= 0.3 is 5.69 Å². The molecule has 1 aromatic heterocycles. The lowest BCUT2D eigenvalue weighted by molar-refractivity contribution is -0.117. The first-order valence-corrected chi connectivity index (χ1v) is 7.35. The molecule has 0 saturated carbocycles. The van der Waals surface area contributed by atoms with Gasteiger partial charge in [0.2, 0.25) is 5.91 Å². The van der Waals surface area contributed by atoms with E-state index in [1.807, 2.05) is 0 Å². The number of benzene rings is 2. The molecule has 0 radical (unpaired) electrons. The number of para-hydroxylation sites is 1. The Balaban J connectivity index is 1.79. The highest BCUT2D eigenvalue weighted by Gasteiger charge is 2.14. The van der Waals surface area contributed by atoms with Crippen molar-refractivity contribution in [3.63, 3.8) is 0 Å². The molecular formula is C15H10ClF2N5O2. The van der Waals surface area contributed by atoms with Crippen LogP contribution in [0.5, 0.6) is 0 Å². The number of amides is 1. The van der Waals surface area contributed by atoms with Crippen LogP contribution in [-0.4, -0.2) is 25.7 Å². The van der Waals surface area contributed by atoms with Crippen LogP contribution in [0.25, 0.3) is 5.69 Å². The first kappa shape index (κ1) is 16.8. The van der Waals surface area contributed by atoms with Crippen molar-refractivity contribution in [3.8, 4) is 5.69 Å². The summed E-state index contributed by atoms with van der Waals surface area (Å²) in [6.07, 6.45) is 0. The molecule has 10 heteroatoms. The third-order valence-corrected chi connectivity index (χ3v) is 3.48. The van der Waals surface area contributed by atoms with E-state index in [1.165, 1.54) is 0 Å². The van der Waals surface area contributed by atoms with Crippen molar-refractivity contribution in [2.24, 2.45) is 0 Å². The van der Waals surface area contributed by atoms with Crippen molar-refractivity contribution in [1.29, 1.82) is 0 Å². The molecule has 0 spiro atoms. The number of tetrazole rings is 1. The van der Waals surface area contributed by atoms with E-state index in [9.17, 15) is 18.4 Å². The summed E-state index contributed by atoms with van der Waals surface area (Å²) in [7, 11) is 0. The minimum Gasteiger partial charge on any atom is -0.324 e. The van der Waals surface area contributed by atoms with Gasteiger partial charge in [-0.1, -0.05) is 23.7 Å². The number of nitrogens with zero attached hydrogens (tertiary/aromatic N) is 4. The lowest BCUT2D eigenvalue weighted by atomic mass is 10.3. The Morgan fingerprint density at radius 1 is 1.12 bits per heavy atom. The number of hydrogen-bond donors (Lipinski definition) is 1. The van der Waals surface area contributed by atoms with E-state index in [4.69, 9.17) is 11.6 Å². The molecule has 0 saturated heterocycles. The van der Waals surface area contributed by atoms with E-state index in [-0.39, 0.29) is 10.7 Å². The number of anilines is 1. The van der Waals surface area contributed by atoms with E-state index in [0.29, 0.717) is 11.8 Å². The average molecular weight is 366 g/mol. The standard InChI is InChI=1S/C15H10ClF2N5O2/c16-12-3-1-2-4-13(12)23-15(25)22(20-21-23)8-14(24)19-11-6-9(17)5-10(18)7-11/h1-7H,8H2,(H,19,24). The second-order valence-electron chi connectivity index (χ2n) is 4.99. The molecule has 7 nitrogen and oxygen atoms in total. The number of aromatic nitrogens is 4. The van der Waals surface area contributed by atoms with E-state index in [0.717, 1.165) is 21.5 Å². The van der Waals surface area contributed by atoms with E-state index in [1.54, 1.807) is 24.3 Å². The molecule has 0 aliphatic carbocycles. The van der Waals surface area contributed by atoms with Crippen molar-refractivity contribution < 1.29 is 13.6 Å². The van der Waals surface area contributed by atoms with Gasteiger partial charge in [-0.05, 0) is 34.7 Å². The number of carbonyl (C=O) groups excluding carboxylic acids is 1. The first-order valence-electron chi connectivity index (χ1n) is 6.98. The monoisotopic (exact) mass is 365 g/mol. The summed E-state index contributed by atoms with van der Waals surface area (Å²) in [5.41, 5.74) is -0.448. The summed E-state index contributed by atoms with van der Waals surface area (Å²) in [4.78, 5) is 24.2. The van der Waals surface area contributed by atoms with E-state index >= 15 is 0 Å². The average Bonchev–Trinajstić information content (AvgIpc) is 2.87. The minimum atomic E-state index is -0.836. The number of carbonyl (C=O) groups is 1. The minimum absolute atomic E-state index is 0.0750. The summed E-state index contributed by atoms with van der Waals surface area (Å²) in [6.45, 7) is -0.485. The molecule has 0 unspecified atom stereocenters. The van der Waals surface area contributed by atoms with Crippen molar-refractivity contribution in [2.75, 3.05) is 5.32 Å². The molecule has 2 aromatic carbocycles. The highest BCUT2D eigenvalue weighted by molar-refractivity contribution is 6.32. The second-order valence-corrected chi connectivity index (χ2v) is 5.40. The fourth-order valence-electron chi connectivity index (χ4n) is 2.11. The molecule has 1 amide bonds. The van der Waals surface area contributed by atoms with Gasteiger partial charge in [-0.3, -0.25) is 4.79 Å². The van der Waals surface area contributed by atoms with Gasteiger partial charge in [-0.15, -0.1) is 0 Å². The van der Waals surface area contributed by atoms with E-state index in [2.05, 4.69) is 15.7 Å². The zero-order valence-electron chi connectivity index (χ0n) is 12.5. The highest BCUT2D eigenvalue weighted by Crippen LogP contribution is 2.17. The Morgan fingerprint density at radius 3 is 2.48 bits per heavy atom. The van der Waals surface area contributed by atoms with Crippen LogP contribution in [0.1, 0.15) is 0 Å². The molecule has 0 aliphatic heterocycles. The number of nitrogens with one attached hydrogen (secondary N) is 1. The maximum Gasteiger partial charge on any atom is 0.369 e. The highest BCUT2D eigenvalue weighted by atomic mass is 35.5. The van der Waals surface area contributed by atoms with Gasteiger partial charge in [0.1, 0.15) is 18.2 Å². The molecule has 0 bridgehead atoms. The van der Waals surface area contributed by atoms with Crippen LogP contribution in [0.4, 0.5) is 14.5 Å². The molecule has 3 aromatic rings. The lowest BCUT2D eigenvalue weighted by Gasteiger charge is -2.05. The summed E-state index contributed by atoms with van der Waals surface area (Å²) in [6, 6.07) is 9.07. The first-order chi connectivity index (χ1) is 11.9. The molecule has 25 heavy (non-hydrogen) atoms. The van der Waals surface area contributed by atoms with Gasteiger partial charge in [0.05, 0.1) is 10.7 Å². The largest absolute Gasteiger partial charge is 0.369 e. The second kappa shape index (κ2) is 6.81. The fourth-order valence-corrected chi connectivity index (χ4v) is 2.33. The number of hydrogen-bond acceptors (Lipinski definition) is 4. The molecule has 0 fully saturated rings. The van der Waals surface area contributed by atoms with Crippen molar-refractivity contribution in [3.05, 3.63) is 69.6 Å². The van der Waals surface area contributed by atoms with Crippen LogP contribution in [0.15, 0.2) is 47.3 Å². The van der Waals surface area contributed by atoms with Crippen LogP contribution < -0.4 is 11.0 Å². The maximum atomic E-state index is 13.1. The summed E-state index contributed by atoms with van der Waals surface area (Å²) >= 11 is 6.00. The predicted molar refractivity (Wildman–Crippen MR) is 85.6 cm³/mol. The maximum absolute atomic E-state index is 13.1. The molecule has 0 aliphatic rings. The van der Waals surface area contributed by atoms with Gasteiger partial charge in [0.15, 0.2) is 0 Å². The van der Waals surface area contributed by atoms with Gasteiger partial charge < -0.3 is 5.32 Å². The van der Waals surface area contributed by atoms with Gasteiger partial charge in [0.25, 0.3) is 0 Å². The Labute approximate surface area is 144 Å². The Hall–Kier alpha value is -3.07. The van der Waals surface area contributed by atoms with Crippen LogP contribution >= 0.6 is 11.6 Å². The topological polar surface area (TPSA) is 81.8 Å². The fraction of sp³-hybridized carbons (Fsp3) is 0.0667. The van der Waals surface area contributed by atoms with Gasteiger partial charge in [0, 0.05) is 11.8 Å². The van der Waals surface area contributed by atoms with Gasteiger partial charge in [-0.25, -0.2) is 13.6 Å². The summed E-state index contributed by atoms with van der Waals surface area (Å²) in [5, 5.41) is 9.83. The zero-order chi connectivity index (χ0) is 18.0. The molecule has 128 valence electrons. The van der Waals surface area contributed by atoms with Crippen molar-refractivity contribution in [1.82, 2.24) is 19.8 Å². The number of rotatable bonds is 4. The molecule has 3 rings (SSSR count). The molecule has 1 N–H and O–H groups in total. The Kier molecular flexibility index (Phi) is 4.57. The predicted octanol–water partition coefficient (Wildman–Crippen LogP) is 2.00. The number of halogens is 3. The third-order valence-electron chi connectivity index (χ3n) is 3.16. The smallest absolute Gasteiger partial charge is 0.324 e.